The number of hydrogen-bond donors (Lipinski definition) is 1. The van der Waals surface area contributed by atoms with Crippen LogP contribution in [0.15, 0.2) is 24.3 Å². The topological polar surface area (TPSA) is 41.6 Å². The Morgan fingerprint density at radius 2 is 2.07 bits per heavy atom. The molecule has 1 N–H and O–H groups in total. The van der Waals surface area contributed by atoms with Crippen molar-refractivity contribution in [3.63, 3.8) is 0 Å². The molecule has 0 radical (unpaired) electrons. The highest BCUT2D eigenvalue weighted by Crippen LogP contribution is 2.19. The summed E-state index contributed by atoms with van der Waals surface area (Å²) in [5, 5.41) is 2.75. The number of ether oxygens (including phenoxy) is 1. The molecule has 4 nitrogen and oxygen atoms in total. The molecule has 0 aliphatic carbocycles. The Hall–Kier alpha value is -1.71. The first kappa shape index (κ1) is 8.87. The molecule has 1 fully saturated rings. The molecule has 1 aromatic rings. The zero-order chi connectivity index (χ0) is 9.97. The van der Waals surface area contributed by atoms with Crippen LogP contribution in [0.4, 0.5) is 5.69 Å². The maximum atomic E-state index is 11.0. The lowest BCUT2D eigenvalue weighted by molar-refractivity contribution is -0.118. The van der Waals surface area contributed by atoms with Gasteiger partial charge in [0.25, 0.3) is 0 Å². The van der Waals surface area contributed by atoms with E-state index in [1.165, 1.54) is 0 Å². The Kier molecular flexibility index (Phi) is 2.26. The first-order valence-electron chi connectivity index (χ1n) is 4.45. The Morgan fingerprint density at radius 3 is 2.57 bits per heavy atom. The summed E-state index contributed by atoms with van der Waals surface area (Å²) < 4.78 is 5.05. The predicted octanol–water partition coefficient (Wildman–Crippen LogP) is 0.589. The molecule has 2 rings (SSSR count). The first-order valence-corrected chi connectivity index (χ1v) is 4.45. The predicted molar refractivity (Wildman–Crippen MR) is 53.3 cm³/mol. The fourth-order valence-electron chi connectivity index (χ4n) is 1.44. The SMILES string of the molecule is COc1ccc(N2CNC(=O)C2)cc1. The van der Waals surface area contributed by atoms with E-state index in [0.717, 1.165) is 11.4 Å². The highest BCUT2D eigenvalue weighted by molar-refractivity contribution is 5.84. The van der Waals surface area contributed by atoms with Gasteiger partial charge in [-0.2, -0.15) is 0 Å². The van der Waals surface area contributed by atoms with Gasteiger partial charge >= 0.3 is 0 Å². The number of nitrogens with zero attached hydrogens (tertiary/aromatic N) is 1. The minimum absolute atomic E-state index is 0.0702. The third-order valence-corrected chi connectivity index (χ3v) is 2.24. The number of carbonyl (C=O) groups excluding carboxylic acids is 1. The smallest absolute Gasteiger partial charge is 0.240 e. The molecular formula is C10H12N2O2. The number of rotatable bonds is 2. The van der Waals surface area contributed by atoms with E-state index in [2.05, 4.69) is 5.32 Å². The molecule has 1 aliphatic rings. The van der Waals surface area contributed by atoms with Crippen LogP contribution in [0.5, 0.6) is 5.75 Å². The lowest BCUT2D eigenvalue weighted by atomic mass is 10.3. The van der Waals surface area contributed by atoms with Crippen LogP contribution in [-0.2, 0) is 4.79 Å². The summed E-state index contributed by atoms with van der Waals surface area (Å²) in [5.41, 5.74) is 1.03. The molecular weight excluding hydrogens is 180 g/mol. The molecule has 4 heteroatoms. The molecule has 1 heterocycles. The minimum atomic E-state index is 0.0702. The van der Waals surface area contributed by atoms with E-state index in [0.29, 0.717) is 13.2 Å². The van der Waals surface area contributed by atoms with Crippen molar-refractivity contribution in [1.82, 2.24) is 5.32 Å². The number of methoxy groups -OCH3 is 1. The van der Waals surface area contributed by atoms with E-state index in [1.807, 2.05) is 29.2 Å². The molecule has 1 aliphatic heterocycles. The number of amides is 1. The number of hydrogen-bond acceptors (Lipinski definition) is 3. The van der Waals surface area contributed by atoms with Crippen LogP contribution in [0.2, 0.25) is 0 Å². The van der Waals surface area contributed by atoms with Gasteiger partial charge in [-0.25, -0.2) is 0 Å². The quantitative estimate of drug-likeness (QED) is 0.745. The first-order chi connectivity index (χ1) is 6.79. The van der Waals surface area contributed by atoms with E-state index in [4.69, 9.17) is 4.74 Å². The van der Waals surface area contributed by atoms with Crippen molar-refractivity contribution in [3.8, 4) is 5.75 Å². The third kappa shape index (κ3) is 1.64. The molecule has 0 atom stereocenters. The molecule has 1 amide bonds. The zero-order valence-corrected chi connectivity index (χ0v) is 7.99. The van der Waals surface area contributed by atoms with Crippen molar-refractivity contribution in [2.45, 2.75) is 0 Å². The van der Waals surface area contributed by atoms with Crippen molar-refractivity contribution in [1.29, 1.82) is 0 Å². The third-order valence-electron chi connectivity index (χ3n) is 2.24. The van der Waals surface area contributed by atoms with E-state index in [-0.39, 0.29) is 5.91 Å². The summed E-state index contributed by atoms with van der Waals surface area (Å²) in [6.07, 6.45) is 0. The molecule has 14 heavy (non-hydrogen) atoms. The van der Waals surface area contributed by atoms with Gasteiger partial charge in [0.15, 0.2) is 0 Å². The van der Waals surface area contributed by atoms with Crippen LogP contribution in [-0.4, -0.2) is 26.2 Å². The summed E-state index contributed by atoms with van der Waals surface area (Å²) in [5.74, 6) is 0.896. The Bertz CT molecular complexity index is 334. The molecule has 74 valence electrons. The highest BCUT2D eigenvalue weighted by Gasteiger charge is 2.18. The highest BCUT2D eigenvalue weighted by atomic mass is 16.5. The molecule has 1 saturated heterocycles. The second-order valence-electron chi connectivity index (χ2n) is 3.15. The molecule has 0 unspecified atom stereocenters. The summed E-state index contributed by atoms with van der Waals surface area (Å²) in [6, 6.07) is 7.66. The van der Waals surface area contributed by atoms with Gasteiger partial charge in [0, 0.05) is 5.69 Å². The Balaban J connectivity index is 2.13. The largest absolute Gasteiger partial charge is 0.497 e. The summed E-state index contributed by atoms with van der Waals surface area (Å²) in [4.78, 5) is 12.9. The Labute approximate surface area is 82.5 Å². The molecule has 1 aromatic carbocycles. The van der Waals surface area contributed by atoms with E-state index in [9.17, 15) is 4.79 Å². The fourth-order valence-corrected chi connectivity index (χ4v) is 1.44. The van der Waals surface area contributed by atoms with Crippen molar-refractivity contribution in [2.75, 3.05) is 25.2 Å². The van der Waals surface area contributed by atoms with Gasteiger partial charge in [-0.05, 0) is 24.3 Å². The summed E-state index contributed by atoms with van der Waals surface area (Å²) >= 11 is 0. The van der Waals surface area contributed by atoms with Crippen molar-refractivity contribution in [2.24, 2.45) is 0 Å². The van der Waals surface area contributed by atoms with Gasteiger partial charge in [-0.15, -0.1) is 0 Å². The lowest BCUT2D eigenvalue weighted by Gasteiger charge is -2.15. The van der Waals surface area contributed by atoms with Crippen LogP contribution in [0.1, 0.15) is 0 Å². The normalized spacial score (nSPS) is 15.5. The van der Waals surface area contributed by atoms with Gasteiger partial charge in [0.2, 0.25) is 5.91 Å². The molecule has 0 aromatic heterocycles. The number of nitrogens with one attached hydrogen (secondary N) is 1. The Morgan fingerprint density at radius 1 is 1.36 bits per heavy atom. The van der Waals surface area contributed by atoms with Crippen LogP contribution in [0.3, 0.4) is 0 Å². The van der Waals surface area contributed by atoms with Gasteiger partial charge in [0.05, 0.1) is 20.3 Å². The average Bonchev–Trinajstić information content (AvgIpc) is 2.65. The number of benzene rings is 1. The zero-order valence-electron chi connectivity index (χ0n) is 7.99. The van der Waals surface area contributed by atoms with Gasteiger partial charge in [0.1, 0.15) is 5.75 Å². The fraction of sp³-hybridized carbons (Fsp3) is 0.300. The number of carbonyl (C=O) groups is 1. The minimum Gasteiger partial charge on any atom is -0.497 e. The average molecular weight is 192 g/mol. The van der Waals surface area contributed by atoms with Crippen LogP contribution < -0.4 is 15.0 Å². The van der Waals surface area contributed by atoms with E-state index >= 15 is 0 Å². The summed E-state index contributed by atoms with van der Waals surface area (Å²) in [7, 11) is 1.63. The van der Waals surface area contributed by atoms with Gasteiger partial charge < -0.3 is 15.0 Å². The van der Waals surface area contributed by atoms with Gasteiger partial charge in [-0.3, -0.25) is 4.79 Å². The maximum absolute atomic E-state index is 11.0. The molecule has 0 bridgehead atoms. The van der Waals surface area contributed by atoms with E-state index < -0.39 is 0 Å². The van der Waals surface area contributed by atoms with Crippen molar-refractivity contribution >= 4 is 11.6 Å². The van der Waals surface area contributed by atoms with Gasteiger partial charge in [-0.1, -0.05) is 0 Å². The monoisotopic (exact) mass is 192 g/mol. The van der Waals surface area contributed by atoms with Crippen LogP contribution >= 0.6 is 0 Å². The standard InChI is InChI=1S/C10H12N2O2/c1-14-9-4-2-8(3-5-9)12-6-10(13)11-7-12/h2-5H,6-7H2,1H3,(H,11,13). The van der Waals surface area contributed by atoms with Crippen molar-refractivity contribution in [3.05, 3.63) is 24.3 Å². The summed E-state index contributed by atoms with van der Waals surface area (Å²) in [6.45, 7) is 1.03. The lowest BCUT2D eigenvalue weighted by Crippen LogP contribution is -2.20. The molecule has 0 spiro atoms. The maximum Gasteiger partial charge on any atom is 0.240 e. The second kappa shape index (κ2) is 3.57. The van der Waals surface area contributed by atoms with E-state index in [1.54, 1.807) is 7.11 Å². The van der Waals surface area contributed by atoms with Crippen LogP contribution in [0.25, 0.3) is 0 Å². The van der Waals surface area contributed by atoms with Crippen molar-refractivity contribution < 1.29 is 9.53 Å². The molecule has 0 saturated carbocycles. The number of anilines is 1. The second-order valence-corrected chi connectivity index (χ2v) is 3.15. The van der Waals surface area contributed by atoms with Crippen LogP contribution in [0, 0.1) is 0 Å².